The molecule has 0 bridgehead atoms. The molecule has 0 spiro atoms. The van der Waals surface area contributed by atoms with Gasteiger partial charge < -0.3 is 0 Å². The van der Waals surface area contributed by atoms with Crippen LogP contribution >= 0.6 is 0 Å². The molecule has 1 atom stereocenters. The van der Waals surface area contributed by atoms with E-state index >= 15 is 0 Å². The fourth-order valence-corrected chi connectivity index (χ4v) is 4.44. The number of hydrogen-bond acceptors (Lipinski definition) is 0. The first kappa shape index (κ1) is 20.4. The summed E-state index contributed by atoms with van der Waals surface area (Å²) in [5.74, 6) is 0. The molecule has 0 fully saturated rings. The van der Waals surface area contributed by atoms with Crippen molar-refractivity contribution in [3.8, 4) is 0 Å². The molecular weight excluding hydrogens is 336 g/mol. The molecular formula is C28H34. The number of rotatable bonds is 4. The Morgan fingerprint density at radius 2 is 1.25 bits per heavy atom. The van der Waals surface area contributed by atoms with E-state index in [0.29, 0.717) is 0 Å². The van der Waals surface area contributed by atoms with Gasteiger partial charge in [0, 0.05) is 5.41 Å². The van der Waals surface area contributed by atoms with Crippen LogP contribution < -0.4 is 0 Å². The quantitative estimate of drug-likeness (QED) is 0.447. The molecule has 3 aromatic carbocycles. The van der Waals surface area contributed by atoms with E-state index in [1.165, 1.54) is 38.9 Å². The Morgan fingerprint density at radius 1 is 0.643 bits per heavy atom. The SMILES string of the molecule is Cc1cc(C)cc(C(C)(Cc2ccccc2)c2ccc(C)c(C(C)(C)C)c2)c1. The van der Waals surface area contributed by atoms with Crippen LogP contribution in [-0.2, 0) is 17.3 Å². The fraction of sp³-hybridized carbons (Fsp3) is 0.357. The van der Waals surface area contributed by atoms with Gasteiger partial charge >= 0.3 is 0 Å². The predicted molar refractivity (Wildman–Crippen MR) is 122 cm³/mol. The van der Waals surface area contributed by atoms with Gasteiger partial charge in [-0.1, -0.05) is 106 Å². The Bertz CT molecular complexity index is 937. The molecule has 3 rings (SSSR count). The zero-order valence-corrected chi connectivity index (χ0v) is 18.6. The molecule has 1 unspecified atom stereocenters. The van der Waals surface area contributed by atoms with Crippen molar-refractivity contribution in [2.75, 3.05) is 0 Å². The lowest BCUT2D eigenvalue weighted by atomic mass is 9.69. The Balaban J connectivity index is 2.22. The lowest BCUT2D eigenvalue weighted by molar-refractivity contribution is 0.553. The fourth-order valence-electron chi connectivity index (χ4n) is 4.44. The second-order valence-electron chi connectivity index (χ2n) is 9.65. The maximum atomic E-state index is 2.45. The number of aryl methyl sites for hydroxylation is 3. The summed E-state index contributed by atoms with van der Waals surface area (Å²) in [6.45, 7) is 16.0. The number of benzene rings is 3. The Labute approximate surface area is 171 Å². The third kappa shape index (κ3) is 4.22. The average molecular weight is 371 g/mol. The van der Waals surface area contributed by atoms with E-state index in [9.17, 15) is 0 Å². The van der Waals surface area contributed by atoms with Gasteiger partial charge in [0.2, 0.25) is 0 Å². The summed E-state index contributed by atoms with van der Waals surface area (Å²) in [6, 6.07) is 25.0. The van der Waals surface area contributed by atoms with Crippen molar-refractivity contribution in [3.05, 3.63) is 106 Å². The summed E-state index contributed by atoms with van der Waals surface area (Å²) >= 11 is 0. The Morgan fingerprint density at radius 3 is 1.82 bits per heavy atom. The first-order chi connectivity index (χ1) is 13.1. The van der Waals surface area contributed by atoms with Crippen LogP contribution in [0.15, 0.2) is 66.7 Å². The zero-order valence-electron chi connectivity index (χ0n) is 18.6. The zero-order chi connectivity index (χ0) is 20.5. The second-order valence-corrected chi connectivity index (χ2v) is 9.65. The normalized spacial score (nSPS) is 14.0. The van der Waals surface area contributed by atoms with Crippen LogP contribution in [0.2, 0.25) is 0 Å². The minimum atomic E-state index is -0.0775. The molecule has 0 aromatic heterocycles. The average Bonchev–Trinajstić information content (AvgIpc) is 2.61. The van der Waals surface area contributed by atoms with Gasteiger partial charge in [0.25, 0.3) is 0 Å². The van der Waals surface area contributed by atoms with Crippen LogP contribution in [0, 0.1) is 20.8 Å². The lowest BCUT2D eigenvalue weighted by Crippen LogP contribution is -2.28. The largest absolute Gasteiger partial charge is 0.0622 e. The van der Waals surface area contributed by atoms with Gasteiger partial charge in [-0.2, -0.15) is 0 Å². The van der Waals surface area contributed by atoms with Crippen molar-refractivity contribution in [3.63, 3.8) is 0 Å². The van der Waals surface area contributed by atoms with Crippen LogP contribution in [0.5, 0.6) is 0 Å². The maximum absolute atomic E-state index is 2.45. The van der Waals surface area contributed by atoms with Crippen LogP contribution in [0.4, 0.5) is 0 Å². The highest BCUT2D eigenvalue weighted by Gasteiger charge is 2.31. The lowest BCUT2D eigenvalue weighted by Gasteiger charge is -2.34. The van der Waals surface area contributed by atoms with E-state index in [1.807, 2.05) is 0 Å². The van der Waals surface area contributed by atoms with Gasteiger partial charge in [-0.3, -0.25) is 0 Å². The molecule has 0 nitrogen and oxygen atoms in total. The smallest absolute Gasteiger partial charge is 0.0215 e. The van der Waals surface area contributed by atoms with Gasteiger partial charge in [0.05, 0.1) is 0 Å². The van der Waals surface area contributed by atoms with Crippen LogP contribution in [0.1, 0.15) is 66.6 Å². The van der Waals surface area contributed by atoms with Crippen molar-refractivity contribution in [1.29, 1.82) is 0 Å². The number of hydrogen-bond donors (Lipinski definition) is 0. The second kappa shape index (κ2) is 7.59. The van der Waals surface area contributed by atoms with E-state index in [2.05, 4.69) is 115 Å². The molecule has 0 saturated heterocycles. The summed E-state index contributed by atoms with van der Waals surface area (Å²) in [6.07, 6.45) is 0.989. The molecule has 28 heavy (non-hydrogen) atoms. The van der Waals surface area contributed by atoms with E-state index in [4.69, 9.17) is 0 Å². The summed E-state index contributed by atoms with van der Waals surface area (Å²) in [7, 11) is 0. The highest BCUT2D eigenvalue weighted by molar-refractivity contribution is 5.47. The molecule has 0 heteroatoms. The van der Waals surface area contributed by atoms with Crippen LogP contribution in [0.3, 0.4) is 0 Å². The molecule has 0 N–H and O–H groups in total. The topological polar surface area (TPSA) is 0 Å². The third-order valence-electron chi connectivity index (χ3n) is 5.94. The molecule has 0 aliphatic carbocycles. The van der Waals surface area contributed by atoms with Gasteiger partial charge in [-0.25, -0.2) is 0 Å². The van der Waals surface area contributed by atoms with Gasteiger partial charge in [0.15, 0.2) is 0 Å². The highest BCUT2D eigenvalue weighted by atomic mass is 14.3. The Kier molecular flexibility index (Phi) is 5.53. The van der Waals surface area contributed by atoms with Crippen molar-refractivity contribution in [2.24, 2.45) is 0 Å². The van der Waals surface area contributed by atoms with E-state index in [-0.39, 0.29) is 10.8 Å². The molecule has 0 aliphatic heterocycles. The van der Waals surface area contributed by atoms with E-state index in [0.717, 1.165) is 6.42 Å². The minimum absolute atomic E-state index is 0.0775. The predicted octanol–water partition coefficient (Wildman–Crippen LogP) is 7.46. The van der Waals surface area contributed by atoms with Crippen LogP contribution in [0.25, 0.3) is 0 Å². The molecule has 0 saturated carbocycles. The van der Waals surface area contributed by atoms with Gasteiger partial charge in [-0.15, -0.1) is 0 Å². The van der Waals surface area contributed by atoms with Crippen LogP contribution in [-0.4, -0.2) is 0 Å². The molecule has 0 radical (unpaired) electrons. The van der Waals surface area contributed by atoms with Crippen molar-refractivity contribution in [2.45, 2.75) is 65.7 Å². The van der Waals surface area contributed by atoms with Crippen molar-refractivity contribution >= 4 is 0 Å². The van der Waals surface area contributed by atoms with E-state index < -0.39 is 0 Å². The summed E-state index contributed by atoms with van der Waals surface area (Å²) in [5.41, 5.74) is 9.71. The van der Waals surface area contributed by atoms with E-state index in [1.54, 1.807) is 0 Å². The minimum Gasteiger partial charge on any atom is -0.0622 e. The standard InChI is InChI=1S/C28H34/c1-20-15-21(2)17-25(16-20)28(7,19-23-11-9-8-10-12-23)24-14-13-22(3)26(18-24)27(4,5)6/h8-18H,19H2,1-7H3. The maximum Gasteiger partial charge on any atom is 0.0215 e. The summed E-state index contributed by atoms with van der Waals surface area (Å²) in [4.78, 5) is 0. The van der Waals surface area contributed by atoms with Crippen molar-refractivity contribution < 1.29 is 0 Å². The monoisotopic (exact) mass is 370 g/mol. The molecule has 3 aromatic rings. The first-order valence-electron chi connectivity index (χ1n) is 10.3. The third-order valence-corrected chi connectivity index (χ3v) is 5.94. The molecule has 0 amide bonds. The van der Waals surface area contributed by atoms with Crippen molar-refractivity contribution in [1.82, 2.24) is 0 Å². The summed E-state index contributed by atoms with van der Waals surface area (Å²) < 4.78 is 0. The Hall–Kier alpha value is -2.34. The summed E-state index contributed by atoms with van der Waals surface area (Å²) in [5, 5.41) is 0. The van der Waals surface area contributed by atoms with Gasteiger partial charge in [-0.05, 0) is 60.4 Å². The first-order valence-corrected chi connectivity index (χ1v) is 10.3. The molecule has 0 heterocycles. The molecule has 0 aliphatic rings. The van der Waals surface area contributed by atoms with Gasteiger partial charge in [0.1, 0.15) is 0 Å². The molecule has 146 valence electrons. The highest BCUT2D eigenvalue weighted by Crippen LogP contribution is 2.39.